The number of nitrogens with zero attached hydrogens (tertiary/aromatic N) is 1. The van der Waals surface area contributed by atoms with E-state index in [1.807, 2.05) is 0 Å². The van der Waals surface area contributed by atoms with Gasteiger partial charge in [-0.1, -0.05) is 18.6 Å². The SMILES string of the molecule is O=C(CCCCCN=C1NS(=O)(=O)c2ccccc21)Nc1ccc(OC(F)F)cc1. The molecule has 30 heavy (non-hydrogen) atoms. The molecule has 0 saturated carbocycles. The molecule has 0 atom stereocenters. The summed E-state index contributed by atoms with van der Waals surface area (Å²) in [6.07, 6.45) is 2.41. The number of ether oxygens (including phenoxy) is 1. The normalized spacial score (nSPS) is 15.6. The van der Waals surface area contributed by atoms with E-state index in [9.17, 15) is 22.0 Å². The van der Waals surface area contributed by atoms with Gasteiger partial charge in [-0.2, -0.15) is 8.78 Å². The number of nitrogens with one attached hydrogen (secondary N) is 2. The van der Waals surface area contributed by atoms with Crippen LogP contribution in [0, 0.1) is 0 Å². The molecule has 0 bridgehead atoms. The van der Waals surface area contributed by atoms with Crippen molar-refractivity contribution in [3.05, 3.63) is 54.1 Å². The molecule has 7 nitrogen and oxygen atoms in total. The van der Waals surface area contributed by atoms with Gasteiger partial charge in [0.05, 0.1) is 4.90 Å². The Balaban J connectivity index is 1.38. The number of carbonyl (C=O) groups excluding carboxylic acids is 1. The highest BCUT2D eigenvalue weighted by Crippen LogP contribution is 2.22. The molecule has 0 radical (unpaired) electrons. The first-order valence-corrected chi connectivity index (χ1v) is 10.8. The van der Waals surface area contributed by atoms with E-state index in [0.717, 1.165) is 6.42 Å². The van der Waals surface area contributed by atoms with Gasteiger partial charge in [-0.15, -0.1) is 0 Å². The molecule has 1 aliphatic rings. The maximum absolute atomic E-state index is 12.1. The van der Waals surface area contributed by atoms with Crippen LogP contribution in [-0.4, -0.2) is 33.3 Å². The highest BCUT2D eigenvalue weighted by Gasteiger charge is 2.29. The predicted octanol–water partition coefficient (Wildman–Crippen LogP) is 3.53. The van der Waals surface area contributed by atoms with E-state index in [4.69, 9.17) is 0 Å². The topological polar surface area (TPSA) is 96.9 Å². The Morgan fingerprint density at radius 3 is 2.53 bits per heavy atom. The minimum atomic E-state index is -3.53. The van der Waals surface area contributed by atoms with Crippen LogP contribution in [0.2, 0.25) is 0 Å². The molecule has 0 aromatic heterocycles. The molecule has 0 aliphatic carbocycles. The Morgan fingerprint density at radius 1 is 1.07 bits per heavy atom. The summed E-state index contributed by atoms with van der Waals surface area (Å²) in [7, 11) is -3.53. The van der Waals surface area contributed by atoms with Crippen molar-refractivity contribution in [1.82, 2.24) is 4.72 Å². The third kappa shape index (κ3) is 5.76. The van der Waals surface area contributed by atoms with E-state index < -0.39 is 16.6 Å². The van der Waals surface area contributed by atoms with Crippen molar-refractivity contribution in [2.75, 3.05) is 11.9 Å². The largest absolute Gasteiger partial charge is 0.435 e. The second-order valence-electron chi connectivity index (χ2n) is 6.59. The Hall–Kier alpha value is -3.01. The van der Waals surface area contributed by atoms with Crippen LogP contribution < -0.4 is 14.8 Å². The van der Waals surface area contributed by atoms with Gasteiger partial charge >= 0.3 is 6.61 Å². The average Bonchev–Trinajstić information content (AvgIpc) is 2.96. The van der Waals surface area contributed by atoms with Crippen LogP contribution in [0.3, 0.4) is 0 Å². The van der Waals surface area contributed by atoms with Gasteiger partial charge in [-0.05, 0) is 49.2 Å². The number of amides is 1. The van der Waals surface area contributed by atoms with Crippen LogP contribution in [0.5, 0.6) is 5.75 Å². The van der Waals surface area contributed by atoms with Crippen molar-refractivity contribution in [1.29, 1.82) is 0 Å². The Labute approximate surface area is 173 Å². The number of carbonyl (C=O) groups is 1. The molecule has 0 fully saturated rings. The molecule has 160 valence electrons. The van der Waals surface area contributed by atoms with Crippen molar-refractivity contribution < 1.29 is 26.7 Å². The van der Waals surface area contributed by atoms with Gasteiger partial charge in [-0.25, -0.2) is 8.42 Å². The molecule has 0 unspecified atom stereocenters. The van der Waals surface area contributed by atoms with E-state index in [-0.39, 0.29) is 16.6 Å². The van der Waals surface area contributed by atoms with Gasteiger partial charge in [0, 0.05) is 24.2 Å². The van der Waals surface area contributed by atoms with Crippen LogP contribution in [-0.2, 0) is 14.8 Å². The quantitative estimate of drug-likeness (QED) is 0.587. The average molecular weight is 437 g/mol. The monoisotopic (exact) mass is 437 g/mol. The van der Waals surface area contributed by atoms with Crippen molar-refractivity contribution >= 4 is 27.5 Å². The fraction of sp³-hybridized carbons (Fsp3) is 0.300. The third-order valence-corrected chi connectivity index (χ3v) is 5.75. The molecule has 1 amide bonds. The van der Waals surface area contributed by atoms with Gasteiger partial charge in [0.1, 0.15) is 11.6 Å². The zero-order valence-corrected chi connectivity index (χ0v) is 16.8. The summed E-state index contributed by atoms with van der Waals surface area (Å²) in [5.41, 5.74) is 1.07. The van der Waals surface area contributed by atoms with Gasteiger partial charge < -0.3 is 10.1 Å². The molecule has 2 N–H and O–H groups in total. The molecule has 0 saturated heterocycles. The van der Waals surface area contributed by atoms with Crippen molar-refractivity contribution in [3.8, 4) is 5.75 Å². The fourth-order valence-electron chi connectivity index (χ4n) is 2.96. The van der Waals surface area contributed by atoms with Crippen LogP contribution in [0.4, 0.5) is 14.5 Å². The third-order valence-electron chi connectivity index (χ3n) is 4.36. The highest BCUT2D eigenvalue weighted by atomic mass is 32.2. The van der Waals surface area contributed by atoms with Gasteiger partial charge in [0.25, 0.3) is 10.0 Å². The number of halogens is 2. The molecule has 2 aromatic rings. The number of benzene rings is 2. The fourth-order valence-corrected chi connectivity index (χ4v) is 4.21. The summed E-state index contributed by atoms with van der Waals surface area (Å²) in [4.78, 5) is 16.5. The lowest BCUT2D eigenvalue weighted by Gasteiger charge is -2.07. The summed E-state index contributed by atoms with van der Waals surface area (Å²) in [5.74, 6) is 0.195. The molecule has 1 heterocycles. The summed E-state index contributed by atoms with van der Waals surface area (Å²) >= 11 is 0. The number of hydrogen-bond acceptors (Lipinski definition) is 5. The van der Waals surface area contributed by atoms with Gasteiger partial charge in [0.2, 0.25) is 5.91 Å². The van der Waals surface area contributed by atoms with Crippen molar-refractivity contribution in [2.24, 2.45) is 4.99 Å². The van der Waals surface area contributed by atoms with E-state index in [2.05, 4.69) is 19.8 Å². The lowest BCUT2D eigenvalue weighted by atomic mass is 10.1. The molecule has 10 heteroatoms. The standard InChI is InChI=1S/C20H21F2N3O4S/c21-20(22)29-15-11-9-14(10-12-15)24-18(26)8-2-1-5-13-23-19-16-6-3-4-7-17(16)30(27,28)25-19/h3-4,6-7,9-12,20H,1-2,5,8,13H2,(H,23,25)(H,24,26). The minimum absolute atomic E-state index is 0.0248. The highest BCUT2D eigenvalue weighted by molar-refractivity contribution is 7.90. The van der Waals surface area contributed by atoms with E-state index in [1.165, 1.54) is 30.3 Å². The van der Waals surface area contributed by atoms with Crippen molar-refractivity contribution in [3.63, 3.8) is 0 Å². The number of aliphatic imine (C=N–C) groups is 1. The molecule has 3 rings (SSSR count). The number of unbranched alkanes of at least 4 members (excludes halogenated alkanes) is 2. The minimum Gasteiger partial charge on any atom is -0.435 e. The van der Waals surface area contributed by atoms with E-state index >= 15 is 0 Å². The lowest BCUT2D eigenvalue weighted by Crippen LogP contribution is -2.22. The van der Waals surface area contributed by atoms with Crippen LogP contribution in [0.1, 0.15) is 31.2 Å². The van der Waals surface area contributed by atoms with Gasteiger partial charge in [-0.3, -0.25) is 14.5 Å². The zero-order chi connectivity index (χ0) is 21.6. The number of anilines is 1. The molecule has 2 aromatic carbocycles. The van der Waals surface area contributed by atoms with Crippen molar-refractivity contribution in [2.45, 2.75) is 37.2 Å². The number of rotatable bonds is 9. The number of alkyl halides is 2. The first-order chi connectivity index (χ1) is 14.3. The summed E-state index contributed by atoms with van der Waals surface area (Å²) in [6, 6.07) is 12.4. The van der Waals surface area contributed by atoms with E-state index in [0.29, 0.717) is 42.9 Å². The Morgan fingerprint density at radius 2 is 1.80 bits per heavy atom. The number of sulfonamides is 1. The number of amidine groups is 1. The zero-order valence-electron chi connectivity index (χ0n) is 16.0. The van der Waals surface area contributed by atoms with Crippen LogP contribution in [0.25, 0.3) is 0 Å². The second kappa shape index (κ2) is 9.66. The molecule has 0 spiro atoms. The number of hydrogen-bond donors (Lipinski definition) is 2. The summed E-state index contributed by atoms with van der Waals surface area (Å²) in [5, 5.41) is 2.69. The van der Waals surface area contributed by atoms with Crippen LogP contribution in [0.15, 0.2) is 58.4 Å². The van der Waals surface area contributed by atoms with Gasteiger partial charge in [0.15, 0.2) is 0 Å². The first kappa shape index (κ1) is 21.7. The Bertz CT molecular complexity index is 1020. The number of fused-ring (bicyclic) bond motifs is 1. The lowest BCUT2D eigenvalue weighted by molar-refractivity contribution is -0.116. The maximum Gasteiger partial charge on any atom is 0.387 e. The summed E-state index contributed by atoms with van der Waals surface area (Å²) in [6.45, 7) is -2.45. The molecular weight excluding hydrogens is 416 g/mol. The smallest absolute Gasteiger partial charge is 0.387 e. The second-order valence-corrected chi connectivity index (χ2v) is 8.24. The van der Waals surface area contributed by atoms with Crippen LogP contribution >= 0.6 is 0 Å². The molecular formula is C20H21F2N3O4S. The predicted molar refractivity (Wildman–Crippen MR) is 108 cm³/mol. The van der Waals surface area contributed by atoms with E-state index in [1.54, 1.807) is 18.2 Å². The first-order valence-electron chi connectivity index (χ1n) is 9.36. The Kier molecular flexibility index (Phi) is 6.99. The maximum atomic E-state index is 12.1. The molecule has 1 aliphatic heterocycles. The summed E-state index contributed by atoms with van der Waals surface area (Å²) < 4.78 is 55.0.